The molecule has 0 aliphatic heterocycles. The molecule has 1 heterocycles. The molecular weight excluding hydrogens is 315 g/mol. The molecule has 0 radical (unpaired) electrons. The van der Waals surface area contributed by atoms with E-state index >= 15 is 0 Å². The highest BCUT2D eigenvalue weighted by Crippen LogP contribution is 2.30. The molecule has 0 spiro atoms. The van der Waals surface area contributed by atoms with Crippen molar-refractivity contribution in [1.82, 2.24) is 15.2 Å². The monoisotopic (exact) mass is 333 g/mol. The van der Waals surface area contributed by atoms with Crippen LogP contribution in [0.3, 0.4) is 0 Å². The Balaban J connectivity index is 1.80. The normalized spacial score (nSPS) is 18.3. The largest absolute Gasteiger partial charge is 0.434 e. The summed E-state index contributed by atoms with van der Waals surface area (Å²) in [7, 11) is 1.55. The topological polar surface area (TPSA) is 45.2 Å². The number of urea groups is 1. The van der Waals surface area contributed by atoms with Crippen molar-refractivity contribution in [3.05, 3.63) is 28.2 Å². The number of amides is 2. The summed E-state index contributed by atoms with van der Waals surface area (Å²) in [5.74, 6) is 0.430. The van der Waals surface area contributed by atoms with Gasteiger partial charge in [0.15, 0.2) is 5.69 Å². The van der Waals surface area contributed by atoms with Crippen LogP contribution < -0.4 is 5.32 Å². The number of thiazole rings is 1. The van der Waals surface area contributed by atoms with Crippen molar-refractivity contribution >= 4 is 17.4 Å². The fourth-order valence-corrected chi connectivity index (χ4v) is 3.05. The molecule has 1 aliphatic rings. The zero-order valence-corrected chi connectivity index (χ0v) is 13.0. The van der Waals surface area contributed by atoms with Gasteiger partial charge in [0.2, 0.25) is 0 Å². The fraction of sp³-hybridized carbons (Fsp3) is 0.571. The number of nitrogens with one attached hydrogen (secondary N) is 1. The molecule has 2 amide bonds. The van der Waals surface area contributed by atoms with E-state index in [1.54, 1.807) is 7.05 Å². The van der Waals surface area contributed by atoms with Crippen LogP contribution >= 0.6 is 11.3 Å². The quantitative estimate of drug-likeness (QED) is 0.855. The third-order valence-electron chi connectivity index (χ3n) is 3.48. The molecule has 1 atom stereocenters. The van der Waals surface area contributed by atoms with Crippen LogP contribution in [0.1, 0.15) is 30.0 Å². The molecule has 1 N–H and O–H groups in total. The lowest BCUT2D eigenvalue weighted by Crippen LogP contribution is -2.39. The van der Waals surface area contributed by atoms with E-state index in [1.807, 2.05) is 0 Å². The first-order valence-electron chi connectivity index (χ1n) is 7.02. The van der Waals surface area contributed by atoms with Crippen molar-refractivity contribution in [2.45, 2.75) is 32.0 Å². The zero-order chi connectivity index (χ0) is 16.2. The predicted molar refractivity (Wildman–Crippen MR) is 78.5 cm³/mol. The molecule has 0 aromatic carbocycles. The van der Waals surface area contributed by atoms with Gasteiger partial charge < -0.3 is 10.2 Å². The van der Waals surface area contributed by atoms with Gasteiger partial charge in [-0.15, -0.1) is 11.3 Å². The lowest BCUT2D eigenvalue weighted by Gasteiger charge is -2.21. The van der Waals surface area contributed by atoms with E-state index in [0.717, 1.165) is 36.0 Å². The number of nitrogens with zero attached hydrogens (tertiary/aromatic N) is 2. The number of halogens is 3. The van der Waals surface area contributed by atoms with Gasteiger partial charge in [-0.2, -0.15) is 13.2 Å². The minimum atomic E-state index is -4.44. The van der Waals surface area contributed by atoms with Gasteiger partial charge in [-0.25, -0.2) is 9.78 Å². The highest BCUT2D eigenvalue weighted by molar-refractivity contribution is 7.09. The summed E-state index contributed by atoms with van der Waals surface area (Å²) in [4.78, 5) is 16.8. The van der Waals surface area contributed by atoms with Gasteiger partial charge in [0.05, 0.1) is 6.54 Å². The number of carbonyl (C=O) groups excluding carboxylic acids is 1. The van der Waals surface area contributed by atoms with E-state index < -0.39 is 11.9 Å². The van der Waals surface area contributed by atoms with E-state index in [4.69, 9.17) is 0 Å². The molecule has 4 nitrogen and oxygen atoms in total. The molecule has 0 fully saturated rings. The Bertz CT molecular complexity index is 542. The summed E-state index contributed by atoms with van der Waals surface area (Å²) >= 11 is 0.906. The van der Waals surface area contributed by atoms with Gasteiger partial charge in [-0.05, 0) is 25.2 Å². The Labute approximate surface area is 131 Å². The van der Waals surface area contributed by atoms with Gasteiger partial charge >= 0.3 is 12.2 Å². The van der Waals surface area contributed by atoms with Crippen LogP contribution in [0.2, 0.25) is 0 Å². The van der Waals surface area contributed by atoms with Gasteiger partial charge in [0.25, 0.3) is 0 Å². The first kappa shape index (κ1) is 16.8. The van der Waals surface area contributed by atoms with Crippen LogP contribution in [0.4, 0.5) is 18.0 Å². The summed E-state index contributed by atoms with van der Waals surface area (Å²) < 4.78 is 37.4. The minimum absolute atomic E-state index is 0.0666. The molecule has 8 heteroatoms. The first-order chi connectivity index (χ1) is 10.4. The molecule has 0 unspecified atom stereocenters. The number of allylic oxidation sites excluding steroid dienone is 2. The second kappa shape index (κ2) is 7.13. The number of hydrogen-bond donors (Lipinski definition) is 1. The van der Waals surface area contributed by atoms with Crippen LogP contribution in [0.15, 0.2) is 17.5 Å². The van der Waals surface area contributed by atoms with Crippen molar-refractivity contribution < 1.29 is 18.0 Å². The lowest BCUT2D eigenvalue weighted by molar-refractivity contribution is -0.140. The van der Waals surface area contributed by atoms with Gasteiger partial charge in [-0.3, -0.25) is 0 Å². The second-order valence-electron chi connectivity index (χ2n) is 5.32. The Hall–Kier alpha value is -1.57. The van der Waals surface area contributed by atoms with Crippen molar-refractivity contribution in [1.29, 1.82) is 0 Å². The number of rotatable bonds is 4. The van der Waals surface area contributed by atoms with Crippen molar-refractivity contribution in [3.63, 3.8) is 0 Å². The lowest BCUT2D eigenvalue weighted by atomic mass is 9.94. The number of alkyl halides is 3. The summed E-state index contributed by atoms with van der Waals surface area (Å²) in [5.41, 5.74) is -0.907. The highest BCUT2D eigenvalue weighted by Gasteiger charge is 2.33. The number of hydrogen-bond acceptors (Lipinski definition) is 3. The van der Waals surface area contributed by atoms with Gasteiger partial charge in [0, 0.05) is 19.0 Å². The Morgan fingerprint density at radius 2 is 2.27 bits per heavy atom. The maximum atomic E-state index is 12.5. The summed E-state index contributed by atoms with van der Waals surface area (Å²) in [6, 6.07) is -0.293. The smallest absolute Gasteiger partial charge is 0.338 e. The molecule has 1 aliphatic carbocycles. The van der Waals surface area contributed by atoms with E-state index in [-0.39, 0.29) is 17.6 Å². The predicted octanol–water partition coefficient (Wildman–Crippen LogP) is 3.66. The molecule has 22 heavy (non-hydrogen) atoms. The second-order valence-corrected chi connectivity index (χ2v) is 6.26. The Kier molecular flexibility index (Phi) is 5.44. The molecule has 0 saturated carbocycles. The Morgan fingerprint density at radius 1 is 1.50 bits per heavy atom. The molecule has 1 aromatic rings. The van der Waals surface area contributed by atoms with Gasteiger partial charge in [-0.1, -0.05) is 12.2 Å². The first-order valence-corrected chi connectivity index (χ1v) is 7.90. The highest BCUT2D eigenvalue weighted by atomic mass is 32.1. The molecule has 2 rings (SSSR count). The average Bonchev–Trinajstić information content (AvgIpc) is 2.94. The van der Waals surface area contributed by atoms with Crippen LogP contribution in [-0.2, 0) is 12.7 Å². The van der Waals surface area contributed by atoms with Crippen LogP contribution in [-0.4, -0.2) is 29.5 Å². The summed E-state index contributed by atoms with van der Waals surface area (Å²) in [6.45, 7) is 0.649. The standard InChI is InChI=1S/C14H18F3N3OS/c1-20(8-12-19-11(9-22-12)14(15,16)17)13(21)18-7-10-5-3-2-4-6-10/h2-3,9-10H,4-8H2,1H3,(H,18,21)/t10-/m1/s1. The molecular formula is C14H18F3N3OS. The SMILES string of the molecule is CN(Cc1nc(C(F)(F)F)cs1)C(=O)NC[C@@H]1CC=CCC1. The van der Waals surface area contributed by atoms with Crippen LogP contribution in [0, 0.1) is 5.92 Å². The van der Waals surface area contributed by atoms with E-state index in [9.17, 15) is 18.0 Å². The zero-order valence-electron chi connectivity index (χ0n) is 12.2. The van der Waals surface area contributed by atoms with Crippen molar-refractivity contribution in [2.75, 3.05) is 13.6 Å². The van der Waals surface area contributed by atoms with E-state index in [0.29, 0.717) is 12.5 Å². The summed E-state index contributed by atoms with van der Waals surface area (Å²) in [5, 5.41) is 4.05. The molecule has 122 valence electrons. The Morgan fingerprint density at radius 3 is 2.86 bits per heavy atom. The van der Waals surface area contributed by atoms with Crippen LogP contribution in [0.5, 0.6) is 0 Å². The van der Waals surface area contributed by atoms with E-state index in [2.05, 4.69) is 22.5 Å². The van der Waals surface area contributed by atoms with Crippen molar-refractivity contribution in [2.24, 2.45) is 5.92 Å². The molecule has 0 saturated heterocycles. The minimum Gasteiger partial charge on any atom is -0.338 e. The summed E-state index contributed by atoms with van der Waals surface area (Å²) in [6.07, 6.45) is 2.82. The maximum Gasteiger partial charge on any atom is 0.434 e. The third-order valence-corrected chi connectivity index (χ3v) is 4.31. The maximum absolute atomic E-state index is 12.5. The fourth-order valence-electron chi connectivity index (χ4n) is 2.20. The van der Waals surface area contributed by atoms with Crippen LogP contribution in [0.25, 0.3) is 0 Å². The number of carbonyl (C=O) groups is 1. The molecule has 1 aromatic heterocycles. The van der Waals surface area contributed by atoms with Crippen molar-refractivity contribution in [3.8, 4) is 0 Å². The average molecular weight is 333 g/mol. The van der Waals surface area contributed by atoms with Gasteiger partial charge in [0.1, 0.15) is 5.01 Å². The van der Waals surface area contributed by atoms with E-state index in [1.165, 1.54) is 4.90 Å². The third kappa shape index (κ3) is 4.72. The molecule has 0 bridgehead atoms. The number of aromatic nitrogens is 1.